The highest BCUT2D eigenvalue weighted by Gasteiger charge is 2.30. The summed E-state index contributed by atoms with van der Waals surface area (Å²) in [5.41, 5.74) is 5.99. The van der Waals surface area contributed by atoms with Gasteiger partial charge in [-0.25, -0.2) is 0 Å². The molecule has 172 valence electrons. The standard InChI is InChI=1S/C29H33NO3/c1-2-18-30-19-26(32)20-33-27-16-12-24(13-17-27)29(23-10-14-25(31)15-11-23)28(22-8-9-22)21-6-4-3-5-7-21/h3-7,10-17,22,26,30-32H,2,8-9,18-20H2,1H3. The molecule has 1 aliphatic carbocycles. The molecule has 0 spiro atoms. The molecule has 0 radical (unpaired) electrons. The summed E-state index contributed by atoms with van der Waals surface area (Å²) in [5, 5.41) is 23.1. The molecule has 3 N–H and O–H groups in total. The maximum absolute atomic E-state index is 10.1. The molecular weight excluding hydrogens is 410 g/mol. The second-order valence-corrected chi connectivity index (χ2v) is 8.67. The second-order valence-electron chi connectivity index (χ2n) is 8.67. The fraction of sp³-hybridized carbons (Fsp3) is 0.310. The summed E-state index contributed by atoms with van der Waals surface area (Å²) < 4.78 is 5.82. The third-order valence-corrected chi connectivity index (χ3v) is 5.89. The van der Waals surface area contributed by atoms with Crippen LogP contribution in [0.25, 0.3) is 11.1 Å². The van der Waals surface area contributed by atoms with E-state index in [1.165, 1.54) is 29.6 Å². The van der Waals surface area contributed by atoms with Crippen LogP contribution in [0.15, 0.2) is 78.9 Å². The molecule has 1 atom stereocenters. The second kappa shape index (κ2) is 11.2. The molecule has 4 nitrogen and oxygen atoms in total. The Morgan fingerprint density at radius 3 is 2.15 bits per heavy atom. The van der Waals surface area contributed by atoms with Crippen molar-refractivity contribution in [3.63, 3.8) is 0 Å². The molecule has 1 unspecified atom stereocenters. The molecule has 4 heteroatoms. The minimum absolute atomic E-state index is 0.258. The van der Waals surface area contributed by atoms with Gasteiger partial charge in [-0.3, -0.25) is 0 Å². The van der Waals surface area contributed by atoms with Gasteiger partial charge in [0.05, 0.1) is 0 Å². The molecule has 0 aliphatic heterocycles. The number of aliphatic hydroxyl groups excluding tert-OH is 1. The van der Waals surface area contributed by atoms with Crippen molar-refractivity contribution in [3.05, 3.63) is 95.6 Å². The number of rotatable bonds is 11. The monoisotopic (exact) mass is 443 g/mol. The number of aliphatic hydroxyl groups is 1. The van der Waals surface area contributed by atoms with E-state index >= 15 is 0 Å². The van der Waals surface area contributed by atoms with E-state index < -0.39 is 6.10 Å². The Labute approximate surface area is 196 Å². The number of phenols is 1. The van der Waals surface area contributed by atoms with Gasteiger partial charge in [-0.05, 0) is 83.8 Å². The van der Waals surface area contributed by atoms with Crippen LogP contribution < -0.4 is 10.1 Å². The van der Waals surface area contributed by atoms with Gasteiger partial charge in [0.25, 0.3) is 0 Å². The van der Waals surface area contributed by atoms with Gasteiger partial charge in [0.15, 0.2) is 0 Å². The van der Waals surface area contributed by atoms with E-state index in [4.69, 9.17) is 4.74 Å². The lowest BCUT2D eigenvalue weighted by Crippen LogP contribution is -2.31. The molecule has 0 aromatic heterocycles. The van der Waals surface area contributed by atoms with Crippen LogP contribution in [0.3, 0.4) is 0 Å². The maximum Gasteiger partial charge on any atom is 0.119 e. The molecule has 1 fully saturated rings. The summed E-state index contributed by atoms with van der Waals surface area (Å²) in [7, 11) is 0. The molecule has 0 amide bonds. The minimum atomic E-state index is -0.539. The summed E-state index contributed by atoms with van der Waals surface area (Å²) in [5.74, 6) is 1.55. The zero-order valence-electron chi connectivity index (χ0n) is 19.2. The molecule has 3 aromatic carbocycles. The summed E-state index contributed by atoms with van der Waals surface area (Å²) >= 11 is 0. The Kier molecular flexibility index (Phi) is 7.82. The normalized spacial score (nSPS) is 15.1. The molecular formula is C29H33NO3. The first-order valence-corrected chi connectivity index (χ1v) is 11.9. The highest BCUT2D eigenvalue weighted by Crippen LogP contribution is 2.47. The van der Waals surface area contributed by atoms with Crippen LogP contribution in [-0.2, 0) is 0 Å². The van der Waals surface area contributed by atoms with Crippen molar-refractivity contribution >= 4 is 11.1 Å². The Morgan fingerprint density at radius 1 is 0.909 bits per heavy atom. The van der Waals surface area contributed by atoms with Crippen molar-refractivity contribution < 1.29 is 14.9 Å². The largest absolute Gasteiger partial charge is 0.508 e. The zero-order valence-corrected chi connectivity index (χ0v) is 19.2. The van der Waals surface area contributed by atoms with Gasteiger partial charge in [-0.15, -0.1) is 0 Å². The van der Waals surface area contributed by atoms with E-state index in [2.05, 4.69) is 48.6 Å². The molecule has 1 aliphatic rings. The molecule has 0 heterocycles. The van der Waals surface area contributed by atoms with Crippen LogP contribution >= 0.6 is 0 Å². The van der Waals surface area contributed by atoms with Gasteiger partial charge in [-0.2, -0.15) is 0 Å². The predicted molar refractivity (Wildman–Crippen MR) is 134 cm³/mol. The topological polar surface area (TPSA) is 61.7 Å². The van der Waals surface area contributed by atoms with E-state index in [1.807, 2.05) is 30.3 Å². The number of aromatic hydroxyl groups is 1. The van der Waals surface area contributed by atoms with Crippen LogP contribution in [0, 0.1) is 5.92 Å². The summed E-state index contributed by atoms with van der Waals surface area (Å²) in [6, 6.07) is 26.2. The third-order valence-electron chi connectivity index (χ3n) is 5.89. The van der Waals surface area contributed by atoms with Crippen molar-refractivity contribution in [1.82, 2.24) is 5.32 Å². The highest BCUT2D eigenvalue weighted by molar-refractivity contribution is 6.00. The highest BCUT2D eigenvalue weighted by atomic mass is 16.5. The molecule has 4 rings (SSSR count). The van der Waals surface area contributed by atoms with Crippen LogP contribution in [-0.4, -0.2) is 36.0 Å². The quantitative estimate of drug-likeness (QED) is 0.270. The number of phenolic OH excluding ortho intramolecular Hbond substituents is 1. The number of hydrogen-bond donors (Lipinski definition) is 3. The first kappa shape index (κ1) is 23.1. The van der Waals surface area contributed by atoms with Crippen LogP contribution in [0.5, 0.6) is 11.5 Å². The lowest BCUT2D eigenvalue weighted by Gasteiger charge is -2.18. The summed E-state index contributed by atoms with van der Waals surface area (Å²) in [6.45, 7) is 3.78. The Hall–Kier alpha value is -3.08. The maximum atomic E-state index is 10.1. The molecule has 3 aromatic rings. The fourth-order valence-corrected chi connectivity index (χ4v) is 4.09. The number of allylic oxidation sites excluding steroid dienone is 1. The Bertz CT molecular complexity index is 1040. The molecule has 33 heavy (non-hydrogen) atoms. The van der Waals surface area contributed by atoms with Crippen molar-refractivity contribution in [2.75, 3.05) is 19.7 Å². The van der Waals surface area contributed by atoms with Crippen LogP contribution in [0.1, 0.15) is 42.9 Å². The Balaban J connectivity index is 1.62. The SMILES string of the molecule is CCCNCC(O)COc1ccc(C(=C(c2ccccc2)C2CC2)c2ccc(O)cc2)cc1. The van der Waals surface area contributed by atoms with Gasteiger partial charge >= 0.3 is 0 Å². The Morgan fingerprint density at radius 2 is 1.55 bits per heavy atom. The van der Waals surface area contributed by atoms with Crippen molar-refractivity contribution in [2.45, 2.75) is 32.3 Å². The smallest absolute Gasteiger partial charge is 0.119 e. The lowest BCUT2D eigenvalue weighted by molar-refractivity contribution is 0.106. The van der Waals surface area contributed by atoms with E-state index in [0.29, 0.717) is 12.5 Å². The fourth-order valence-electron chi connectivity index (χ4n) is 4.09. The van der Waals surface area contributed by atoms with E-state index in [9.17, 15) is 10.2 Å². The van der Waals surface area contributed by atoms with Gasteiger partial charge in [-0.1, -0.05) is 61.5 Å². The number of ether oxygens (including phenoxy) is 1. The number of benzene rings is 3. The average Bonchev–Trinajstić information content (AvgIpc) is 3.68. The van der Waals surface area contributed by atoms with Crippen molar-refractivity contribution in [1.29, 1.82) is 0 Å². The first-order chi connectivity index (χ1) is 16.2. The molecule has 1 saturated carbocycles. The predicted octanol–water partition coefficient (Wildman–Crippen LogP) is 5.50. The number of hydrogen-bond acceptors (Lipinski definition) is 4. The molecule has 0 bridgehead atoms. The van der Waals surface area contributed by atoms with Gasteiger partial charge in [0.1, 0.15) is 24.2 Å². The van der Waals surface area contributed by atoms with E-state index in [0.717, 1.165) is 29.8 Å². The third kappa shape index (κ3) is 6.25. The minimum Gasteiger partial charge on any atom is -0.508 e. The van der Waals surface area contributed by atoms with Crippen LogP contribution in [0.2, 0.25) is 0 Å². The summed E-state index contributed by atoms with van der Waals surface area (Å²) in [4.78, 5) is 0. The van der Waals surface area contributed by atoms with Gasteiger partial charge < -0.3 is 20.3 Å². The van der Waals surface area contributed by atoms with Crippen LogP contribution in [0.4, 0.5) is 0 Å². The number of nitrogens with one attached hydrogen (secondary N) is 1. The first-order valence-electron chi connectivity index (χ1n) is 11.9. The van der Waals surface area contributed by atoms with Gasteiger partial charge in [0, 0.05) is 6.54 Å². The molecule has 0 saturated heterocycles. The van der Waals surface area contributed by atoms with E-state index in [-0.39, 0.29) is 12.4 Å². The lowest BCUT2D eigenvalue weighted by atomic mass is 9.87. The van der Waals surface area contributed by atoms with Crippen molar-refractivity contribution in [3.8, 4) is 11.5 Å². The van der Waals surface area contributed by atoms with Gasteiger partial charge in [0.2, 0.25) is 0 Å². The zero-order chi connectivity index (χ0) is 23.0. The van der Waals surface area contributed by atoms with Crippen molar-refractivity contribution in [2.24, 2.45) is 5.92 Å². The van der Waals surface area contributed by atoms with E-state index in [1.54, 1.807) is 12.1 Å². The summed E-state index contributed by atoms with van der Waals surface area (Å²) in [6.07, 6.45) is 2.88. The average molecular weight is 444 g/mol.